The lowest BCUT2D eigenvalue weighted by molar-refractivity contribution is -0.126. The van der Waals surface area contributed by atoms with Gasteiger partial charge in [0.2, 0.25) is 12.7 Å². The van der Waals surface area contributed by atoms with Crippen LogP contribution in [0.5, 0.6) is 11.5 Å². The Morgan fingerprint density at radius 1 is 0.935 bits per heavy atom. The highest BCUT2D eigenvalue weighted by Gasteiger charge is 2.22. The van der Waals surface area contributed by atoms with Gasteiger partial charge >= 0.3 is 0 Å². The molecule has 1 aromatic carbocycles. The number of rotatable bonds is 4. The molecule has 9 heteroatoms. The minimum absolute atomic E-state index is 0.00506. The Morgan fingerprint density at radius 3 is 2.58 bits per heavy atom. The Labute approximate surface area is 180 Å². The third-order valence-electron chi connectivity index (χ3n) is 5.73. The van der Waals surface area contributed by atoms with Crippen LogP contribution in [0.15, 0.2) is 36.5 Å². The maximum atomic E-state index is 12.6. The summed E-state index contributed by atoms with van der Waals surface area (Å²) in [5, 5.41) is 8.50. The molecular weight excluding hydrogens is 398 g/mol. The fourth-order valence-corrected chi connectivity index (χ4v) is 3.94. The minimum atomic E-state index is 0.00506. The largest absolute Gasteiger partial charge is 0.454 e. The van der Waals surface area contributed by atoms with Crippen LogP contribution in [-0.2, 0) is 9.53 Å². The van der Waals surface area contributed by atoms with Crippen molar-refractivity contribution in [3.8, 4) is 11.5 Å². The standard InChI is InChI=1S/C22H25N5O4/c28-22(4-2-17-1-3-19-20(13-17)31-16-30-19)27-7-5-26(6-8-27)21-14-18(15-23-24-21)25-9-11-29-12-10-25/h1-4,13-15H,5-12,16H2/b4-2+. The van der Waals surface area contributed by atoms with Crippen LogP contribution in [0.25, 0.3) is 6.08 Å². The van der Waals surface area contributed by atoms with Crippen molar-refractivity contribution in [3.05, 3.63) is 42.1 Å². The van der Waals surface area contributed by atoms with Crippen LogP contribution >= 0.6 is 0 Å². The number of amides is 1. The molecule has 2 fully saturated rings. The monoisotopic (exact) mass is 423 g/mol. The maximum Gasteiger partial charge on any atom is 0.246 e. The zero-order valence-corrected chi connectivity index (χ0v) is 17.3. The molecule has 0 atom stereocenters. The zero-order valence-electron chi connectivity index (χ0n) is 17.3. The average Bonchev–Trinajstić information content (AvgIpc) is 3.31. The fraction of sp³-hybridized carbons (Fsp3) is 0.409. The van der Waals surface area contributed by atoms with Gasteiger partial charge in [0, 0.05) is 51.4 Å². The van der Waals surface area contributed by atoms with Gasteiger partial charge in [-0.25, -0.2) is 0 Å². The van der Waals surface area contributed by atoms with Crippen LogP contribution in [-0.4, -0.2) is 80.3 Å². The quantitative estimate of drug-likeness (QED) is 0.683. The summed E-state index contributed by atoms with van der Waals surface area (Å²) in [5.74, 6) is 2.31. The van der Waals surface area contributed by atoms with Gasteiger partial charge in [-0.05, 0) is 23.8 Å². The lowest BCUT2D eigenvalue weighted by atomic mass is 10.2. The highest BCUT2D eigenvalue weighted by molar-refractivity contribution is 5.92. The van der Waals surface area contributed by atoms with Gasteiger partial charge in [0.1, 0.15) is 0 Å². The van der Waals surface area contributed by atoms with E-state index in [9.17, 15) is 4.79 Å². The number of carbonyl (C=O) groups excluding carboxylic acids is 1. The van der Waals surface area contributed by atoms with Crippen LogP contribution in [0, 0.1) is 0 Å². The van der Waals surface area contributed by atoms with E-state index in [-0.39, 0.29) is 12.7 Å². The molecule has 1 amide bonds. The maximum absolute atomic E-state index is 12.6. The van der Waals surface area contributed by atoms with Crippen molar-refractivity contribution in [2.75, 3.05) is 69.1 Å². The van der Waals surface area contributed by atoms with Gasteiger partial charge in [-0.3, -0.25) is 4.79 Å². The first kappa shape index (κ1) is 19.6. The Balaban J connectivity index is 1.17. The SMILES string of the molecule is O=C(/C=C/c1ccc2c(c1)OCO2)N1CCN(c2cc(N3CCOCC3)cnn2)CC1. The zero-order chi connectivity index (χ0) is 21.0. The number of fused-ring (bicyclic) bond motifs is 1. The molecule has 1 aromatic heterocycles. The fourth-order valence-electron chi connectivity index (χ4n) is 3.94. The summed E-state index contributed by atoms with van der Waals surface area (Å²) in [7, 11) is 0. The second-order valence-electron chi connectivity index (χ2n) is 7.63. The van der Waals surface area contributed by atoms with Gasteiger partial charge < -0.3 is 28.9 Å². The molecule has 31 heavy (non-hydrogen) atoms. The summed E-state index contributed by atoms with van der Waals surface area (Å²) in [4.78, 5) is 18.9. The number of ether oxygens (including phenoxy) is 3. The van der Waals surface area contributed by atoms with Gasteiger partial charge in [-0.2, -0.15) is 5.10 Å². The topological polar surface area (TPSA) is 80.3 Å². The molecule has 162 valence electrons. The van der Waals surface area contributed by atoms with Gasteiger partial charge in [0.05, 0.1) is 25.1 Å². The lowest BCUT2D eigenvalue weighted by Gasteiger charge is -2.35. The smallest absolute Gasteiger partial charge is 0.246 e. The molecule has 5 rings (SSSR count). The second-order valence-corrected chi connectivity index (χ2v) is 7.63. The molecule has 9 nitrogen and oxygen atoms in total. The van der Waals surface area contributed by atoms with Crippen LogP contribution in [0.2, 0.25) is 0 Å². The van der Waals surface area contributed by atoms with Crippen LogP contribution in [0.3, 0.4) is 0 Å². The first-order chi connectivity index (χ1) is 15.3. The third kappa shape index (κ3) is 4.41. The average molecular weight is 423 g/mol. The summed E-state index contributed by atoms with van der Waals surface area (Å²) in [6.07, 6.45) is 5.23. The third-order valence-corrected chi connectivity index (χ3v) is 5.73. The number of anilines is 2. The van der Waals surface area contributed by atoms with Gasteiger partial charge in [-0.1, -0.05) is 6.07 Å². The molecule has 3 aliphatic rings. The Bertz CT molecular complexity index is 968. The number of morpholine rings is 1. The number of nitrogens with zero attached hydrogens (tertiary/aromatic N) is 5. The number of hydrogen-bond donors (Lipinski definition) is 0. The summed E-state index contributed by atoms with van der Waals surface area (Å²) in [6, 6.07) is 7.73. The van der Waals surface area contributed by atoms with E-state index in [1.807, 2.05) is 29.2 Å². The molecule has 0 spiro atoms. The number of hydrogen-bond acceptors (Lipinski definition) is 8. The number of piperazine rings is 1. The van der Waals surface area contributed by atoms with Crippen LogP contribution in [0.1, 0.15) is 5.56 Å². The lowest BCUT2D eigenvalue weighted by Crippen LogP contribution is -2.48. The highest BCUT2D eigenvalue weighted by atomic mass is 16.7. The summed E-state index contributed by atoms with van der Waals surface area (Å²) < 4.78 is 16.1. The van der Waals surface area contributed by atoms with Gasteiger partial charge in [-0.15, -0.1) is 5.10 Å². The summed E-state index contributed by atoms with van der Waals surface area (Å²) in [6.45, 7) is 6.19. The first-order valence-corrected chi connectivity index (χ1v) is 10.5. The van der Waals surface area contributed by atoms with Crippen molar-refractivity contribution in [1.29, 1.82) is 0 Å². The van der Waals surface area contributed by atoms with E-state index in [0.717, 1.165) is 62.2 Å². The van der Waals surface area contributed by atoms with Crippen molar-refractivity contribution in [3.63, 3.8) is 0 Å². The predicted octanol–water partition coefficient (Wildman–Crippen LogP) is 1.40. The van der Waals surface area contributed by atoms with Gasteiger partial charge in [0.25, 0.3) is 0 Å². The normalized spacial score (nSPS) is 18.6. The van der Waals surface area contributed by atoms with Crippen molar-refractivity contribution in [1.82, 2.24) is 15.1 Å². The highest BCUT2D eigenvalue weighted by Crippen LogP contribution is 2.32. The number of aromatic nitrogens is 2. The molecule has 0 bridgehead atoms. The number of carbonyl (C=O) groups is 1. The Hall–Kier alpha value is -3.33. The molecule has 4 heterocycles. The van der Waals surface area contributed by atoms with Crippen molar-refractivity contribution >= 4 is 23.5 Å². The molecule has 0 saturated carbocycles. The van der Waals surface area contributed by atoms with E-state index in [1.165, 1.54) is 0 Å². The van der Waals surface area contributed by atoms with Crippen LogP contribution in [0.4, 0.5) is 11.5 Å². The second kappa shape index (κ2) is 8.81. The molecule has 0 N–H and O–H groups in total. The molecular formula is C22H25N5O4. The minimum Gasteiger partial charge on any atom is -0.454 e. The predicted molar refractivity (Wildman–Crippen MR) is 115 cm³/mol. The molecule has 0 radical (unpaired) electrons. The van der Waals surface area contributed by atoms with E-state index in [0.29, 0.717) is 18.8 Å². The van der Waals surface area contributed by atoms with E-state index < -0.39 is 0 Å². The Kier molecular flexibility index (Phi) is 5.57. The first-order valence-electron chi connectivity index (χ1n) is 10.5. The molecule has 3 aliphatic heterocycles. The molecule has 0 aliphatic carbocycles. The van der Waals surface area contributed by atoms with Crippen molar-refractivity contribution in [2.24, 2.45) is 0 Å². The summed E-state index contributed by atoms with van der Waals surface area (Å²) in [5.41, 5.74) is 1.98. The molecule has 2 saturated heterocycles. The molecule has 2 aromatic rings. The van der Waals surface area contributed by atoms with Crippen LogP contribution < -0.4 is 19.3 Å². The van der Waals surface area contributed by atoms with Gasteiger partial charge in [0.15, 0.2) is 17.3 Å². The van der Waals surface area contributed by atoms with E-state index in [1.54, 1.807) is 12.3 Å². The Morgan fingerprint density at radius 2 is 1.74 bits per heavy atom. The summed E-state index contributed by atoms with van der Waals surface area (Å²) >= 11 is 0. The number of benzene rings is 1. The van der Waals surface area contributed by atoms with Crippen molar-refractivity contribution < 1.29 is 19.0 Å². The van der Waals surface area contributed by atoms with E-state index in [4.69, 9.17) is 14.2 Å². The van der Waals surface area contributed by atoms with E-state index >= 15 is 0 Å². The van der Waals surface area contributed by atoms with E-state index in [2.05, 4.69) is 26.1 Å². The molecule has 0 unspecified atom stereocenters. The van der Waals surface area contributed by atoms with Crippen molar-refractivity contribution in [2.45, 2.75) is 0 Å².